The molecule has 0 saturated heterocycles. The van der Waals surface area contributed by atoms with Crippen molar-refractivity contribution in [2.75, 3.05) is 0 Å². The zero-order chi connectivity index (χ0) is 14.0. The van der Waals surface area contributed by atoms with Crippen molar-refractivity contribution in [3.05, 3.63) is 29.8 Å². The maximum absolute atomic E-state index is 12.5. The largest absolute Gasteiger partial charge is 0.573 e. The summed E-state index contributed by atoms with van der Waals surface area (Å²) in [5.74, 6) is 3.76. The van der Waals surface area contributed by atoms with E-state index in [2.05, 4.69) is 4.74 Å². The van der Waals surface area contributed by atoms with Gasteiger partial charge in [-0.1, -0.05) is 18.2 Å². The fourth-order valence-electron chi connectivity index (χ4n) is 1.30. The Balaban J connectivity index is 3.15. The smallest absolute Gasteiger partial charge is 0.405 e. The lowest BCUT2D eigenvalue weighted by atomic mass is 10.1. The van der Waals surface area contributed by atoms with Crippen molar-refractivity contribution in [3.8, 4) is 5.75 Å². The molecule has 0 amide bonds. The molecule has 0 fully saturated rings. The van der Waals surface area contributed by atoms with Gasteiger partial charge < -0.3 is 4.74 Å². The van der Waals surface area contributed by atoms with E-state index in [0.717, 1.165) is 24.3 Å². The van der Waals surface area contributed by atoms with Crippen molar-refractivity contribution in [1.29, 1.82) is 0 Å². The summed E-state index contributed by atoms with van der Waals surface area (Å²) < 4.78 is 77.2. The summed E-state index contributed by atoms with van der Waals surface area (Å²) in [7, 11) is 0. The summed E-state index contributed by atoms with van der Waals surface area (Å²) in [5.41, 5.74) is 0.667. The number of para-hydroxylation sites is 1. The zero-order valence-corrected chi connectivity index (χ0v) is 8.64. The van der Waals surface area contributed by atoms with Gasteiger partial charge in [0.2, 0.25) is 0 Å². The third kappa shape index (κ3) is 3.77. The first kappa shape index (κ1) is 14.6. The number of hydrogen-bond donors (Lipinski definition) is 2. The predicted molar refractivity (Wildman–Crippen MR) is 49.2 cm³/mol. The number of nitrogens with one attached hydrogen (secondary N) is 1. The highest BCUT2D eigenvalue weighted by molar-refractivity contribution is 5.36. The van der Waals surface area contributed by atoms with E-state index < -0.39 is 29.9 Å². The maximum Gasteiger partial charge on any atom is 0.573 e. The lowest BCUT2D eigenvalue weighted by Gasteiger charge is -2.22. The second-order valence-electron chi connectivity index (χ2n) is 3.23. The van der Waals surface area contributed by atoms with E-state index >= 15 is 0 Å². The van der Waals surface area contributed by atoms with Crippen LogP contribution in [0.1, 0.15) is 11.6 Å². The first-order chi connectivity index (χ1) is 8.15. The molecule has 18 heavy (non-hydrogen) atoms. The Hall–Kier alpha value is -1.48. The Morgan fingerprint density at radius 1 is 1.06 bits per heavy atom. The average molecular weight is 274 g/mol. The van der Waals surface area contributed by atoms with Crippen LogP contribution in [-0.4, -0.2) is 12.5 Å². The zero-order valence-electron chi connectivity index (χ0n) is 8.64. The summed E-state index contributed by atoms with van der Waals surface area (Å²) >= 11 is 0. The van der Waals surface area contributed by atoms with Crippen LogP contribution in [0.25, 0.3) is 0 Å². The van der Waals surface area contributed by atoms with Crippen molar-refractivity contribution < 1.29 is 31.1 Å². The van der Waals surface area contributed by atoms with E-state index in [-0.39, 0.29) is 0 Å². The van der Waals surface area contributed by atoms with Gasteiger partial charge in [0, 0.05) is 5.56 Å². The highest BCUT2D eigenvalue weighted by atomic mass is 19.4. The van der Waals surface area contributed by atoms with E-state index in [9.17, 15) is 26.3 Å². The molecule has 0 aromatic heterocycles. The quantitative estimate of drug-likeness (QED) is 0.506. The number of hydrazine groups is 1. The standard InChI is InChI=1S/C9H8F6N2O/c10-8(11,12)7(17-16)5-3-1-2-4-6(5)18-9(13,14)15/h1-4,7,17H,16H2. The topological polar surface area (TPSA) is 47.3 Å². The molecular weight excluding hydrogens is 266 g/mol. The molecule has 0 spiro atoms. The molecule has 1 atom stereocenters. The Bertz CT molecular complexity index is 403. The minimum atomic E-state index is -5.08. The van der Waals surface area contributed by atoms with Crippen molar-refractivity contribution in [1.82, 2.24) is 5.43 Å². The molecule has 0 aliphatic rings. The van der Waals surface area contributed by atoms with Crippen LogP contribution in [0, 0.1) is 0 Å². The predicted octanol–water partition coefficient (Wildman–Crippen LogP) is 2.65. The summed E-state index contributed by atoms with van der Waals surface area (Å²) in [6, 6.07) is 1.44. The number of alkyl halides is 6. The van der Waals surface area contributed by atoms with Crippen LogP contribution >= 0.6 is 0 Å². The van der Waals surface area contributed by atoms with E-state index in [4.69, 9.17) is 5.84 Å². The Kier molecular flexibility index (Phi) is 4.07. The molecule has 1 aromatic carbocycles. The van der Waals surface area contributed by atoms with Gasteiger partial charge in [-0.15, -0.1) is 13.2 Å². The number of benzene rings is 1. The van der Waals surface area contributed by atoms with Gasteiger partial charge in [-0.3, -0.25) is 5.84 Å². The molecule has 9 heteroatoms. The monoisotopic (exact) mass is 274 g/mol. The molecule has 3 nitrogen and oxygen atoms in total. The van der Waals surface area contributed by atoms with Crippen molar-refractivity contribution >= 4 is 0 Å². The Morgan fingerprint density at radius 3 is 2.06 bits per heavy atom. The molecule has 1 rings (SSSR count). The minimum Gasteiger partial charge on any atom is -0.405 e. The highest BCUT2D eigenvalue weighted by Gasteiger charge is 2.43. The molecule has 1 unspecified atom stereocenters. The molecule has 1 aromatic rings. The lowest BCUT2D eigenvalue weighted by Crippen LogP contribution is -2.39. The highest BCUT2D eigenvalue weighted by Crippen LogP contribution is 2.38. The average Bonchev–Trinajstić information content (AvgIpc) is 2.17. The summed E-state index contributed by atoms with van der Waals surface area (Å²) in [5, 5.41) is 0. The first-order valence-corrected chi connectivity index (χ1v) is 4.52. The summed E-state index contributed by atoms with van der Waals surface area (Å²) in [4.78, 5) is 0. The maximum atomic E-state index is 12.5. The van der Waals surface area contributed by atoms with Gasteiger partial charge in [0.05, 0.1) is 0 Å². The van der Waals surface area contributed by atoms with E-state index in [0.29, 0.717) is 0 Å². The number of nitrogens with two attached hydrogens (primary N) is 1. The van der Waals surface area contributed by atoms with Gasteiger partial charge >= 0.3 is 12.5 Å². The van der Waals surface area contributed by atoms with Crippen LogP contribution in [0.15, 0.2) is 24.3 Å². The van der Waals surface area contributed by atoms with Gasteiger partial charge in [-0.25, -0.2) is 5.43 Å². The molecule has 0 aliphatic carbocycles. The first-order valence-electron chi connectivity index (χ1n) is 4.52. The number of halogens is 6. The molecular formula is C9H8F6N2O. The molecule has 0 radical (unpaired) electrons. The molecule has 0 saturated carbocycles. The fraction of sp³-hybridized carbons (Fsp3) is 0.333. The van der Waals surface area contributed by atoms with Crippen LogP contribution in [0.2, 0.25) is 0 Å². The van der Waals surface area contributed by atoms with Crippen LogP contribution in [0.3, 0.4) is 0 Å². The second kappa shape index (κ2) is 5.02. The number of rotatable bonds is 3. The van der Waals surface area contributed by atoms with Gasteiger partial charge in [0.1, 0.15) is 11.8 Å². The summed E-state index contributed by atoms with van der Waals surface area (Å²) in [6.07, 6.45) is -9.93. The SMILES string of the molecule is NNC(c1ccccc1OC(F)(F)F)C(F)(F)F. The third-order valence-corrected chi connectivity index (χ3v) is 1.95. The van der Waals surface area contributed by atoms with E-state index in [1.165, 1.54) is 5.43 Å². The van der Waals surface area contributed by atoms with Crippen LogP contribution in [0.5, 0.6) is 5.75 Å². The van der Waals surface area contributed by atoms with Gasteiger partial charge in [0.25, 0.3) is 0 Å². The van der Waals surface area contributed by atoms with Crippen LogP contribution < -0.4 is 16.0 Å². The molecule has 102 valence electrons. The molecule has 0 aliphatic heterocycles. The fourth-order valence-corrected chi connectivity index (χ4v) is 1.30. The van der Waals surface area contributed by atoms with Gasteiger partial charge in [-0.2, -0.15) is 13.2 Å². The Morgan fingerprint density at radius 2 is 1.61 bits per heavy atom. The third-order valence-electron chi connectivity index (χ3n) is 1.95. The normalized spacial score (nSPS) is 14.4. The van der Waals surface area contributed by atoms with Crippen molar-refractivity contribution in [2.45, 2.75) is 18.6 Å². The Labute approximate surface area is 97.5 Å². The van der Waals surface area contributed by atoms with Gasteiger partial charge in [0.15, 0.2) is 0 Å². The van der Waals surface area contributed by atoms with E-state index in [1.54, 1.807) is 0 Å². The lowest BCUT2D eigenvalue weighted by molar-refractivity contribution is -0.275. The molecule has 0 heterocycles. The van der Waals surface area contributed by atoms with Crippen molar-refractivity contribution in [3.63, 3.8) is 0 Å². The second-order valence-corrected chi connectivity index (χ2v) is 3.23. The minimum absolute atomic E-state index is 0.746. The summed E-state index contributed by atoms with van der Waals surface area (Å²) in [6.45, 7) is 0. The van der Waals surface area contributed by atoms with Crippen molar-refractivity contribution in [2.24, 2.45) is 5.84 Å². The molecule has 0 bridgehead atoms. The van der Waals surface area contributed by atoms with E-state index in [1.807, 2.05) is 0 Å². The molecule has 3 N–H and O–H groups in total. The number of ether oxygens (including phenoxy) is 1. The van der Waals surface area contributed by atoms with Crippen LogP contribution in [0.4, 0.5) is 26.3 Å². The number of hydrogen-bond acceptors (Lipinski definition) is 3. The van der Waals surface area contributed by atoms with Crippen LogP contribution in [-0.2, 0) is 0 Å². The van der Waals surface area contributed by atoms with Gasteiger partial charge in [-0.05, 0) is 6.07 Å².